The number of nitrogens with one attached hydrogen (secondary N) is 1. The summed E-state index contributed by atoms with van der Waals surface area (Å²) in [6.07, 6.45) is 11.7. The molecule has 0 aromatic carbocycles. The molecule has 0 aromatic rings. The maximum absolute atomic E-state index is 3.77. The zero-order chi connectivity index (χ0) is 12.3. The van der Waals surface area contributed by atoms with Crippen LogP contribution in [0.15, 0.2) is 0 Å². The van der Waals surface area contributed by atoms with E-state index in [0.29, 0.717) is 5.41 Å². The average molecular weight is 237 g/mol. The first kappa shape index (κ1) is 13.4. The molecule has 1 N–H and O–H groups in total. The summed E-state index contributed by atoms with van der Waals surface area (Å²) in [4.78, 5) is 0. The van der Waals surface area contributed by atoms with E-state index >= 15 is 0 Å². The molecule has 1 heteroatoms. The van der Waals surface area contributed by atoms with E-state index in [2.05, 4.69) is 26.1 Å². The van der Waals surface area contributed by atoms with Crippen molar-refractivity contribution in [3.8, 4) is 0 Å². The van der Waals surface area contributed by atoms with Crippen LogP contribution in [0.2, 0.25) is 0 Å². The lowest BCUT2D eigenvalue weighted by molar-refractivity contribution is 0.138. The van der Waals surface area contributed by atoms with Gasteiger partial charge in [0, 0.05) is 12.6 Å². The first-order chi connectivity index (χ1) is 8.10. The molecule has 0 heterocycles. The minimum absolute atomic E-state index is 0.518. The standard InChI is InChI=1S/C16H31N/c1-13(2)16(3,12-17-15-9-10-15)11-14-7-5-4-6-8-14/h13-15,17H,4-12H2,1-3H3. The van der Waals surface area contributed by atoms with Crippen molar-refractivity contribution in [2.45, 2.75) is 78.2 Å². The predicted molar refractivity (Wildman–Crippen MR) is 75.2 cm³/mol. The van der Waals surface area contributed by atoms with Crippen molar-refractivity contribution >= 4 is 0 Å². The van der Waals surface area contributed by atoms with E-state index in [4.69, 9.17) is 0 Å². The third-order valence-electron chi connectivity index (χ3n) is 5.25. The van der Waals surface area contributed by atoms with Crippen molar-refractivity contribution in [2.75, 3.05) is 6.54 Å². The second kappa shape index (κ2) is 5.73. The van der Waals surface area contributed by atoms with Crippen LogP contribution in [0.5, 0.6) is 0 Å². The van der Waals surface area contributed by atoms with Gasteiger partial charge in [0.15, 0.2) is 0 Å². The highest BCUT2D eigenvalue weighted by Gasteiger charge is 2.33. The molecule has 100 valence electrons. The lowest BCUT2D eigenvalue weighted by Crippen LogP contribution is -2.39. The van der Waals surface area contributed by atoms with Gasteiger partial charge in [0.05, 0.1) is 0 Å². The third-order valence-corrected chi connectivity index (χ3v) is 5.25. The molecule has 0 amide bonds. The van der Waals surface area contributed by atoms with Gasteiger partial charge in [0.25, 0.3) is 0 Å². The van der Waals surface area contributed by atoms with Crippen molar-refractivity contribution < 1.29 is 0 Å². The van der Waals surface area contributed by atoms with E-state index in [-0.39, 0.29) is 0 Å². The van der Waals surface area contributed by atoms with Gasteiger partial charge in [-0.25, -0.2) is 0 Å². The summed E-state index contributed by atoms with van der Waals surface area (Å²) < 4.78 is 0. The van der Waals surface area contributed by atoms with Gasteiger partial charge < -0.3 is 5.32 Å². The molecular formula is C16H31N. The van der Waals surface area contributed by atoms with Gasteiger partial charge in [-0.1, -0.05) is 52.9 Å². The Morgan fingerprint density at radius 2 is 1.71 bits per heavy atom. The van der Waals surface area contributed by atoms with Crippen LogP contribution in [0.25, 0.3) is 0 Å². The van der Waals surface area contributed by atoms with E-state index in [1.807, 2.05) is 0 Å². The summed E-state index contributed by atoms with van der Waals surface area (Å²) in [5, 5.41) is 3.77. The fraction of sp³-hybridized carbons (Fsp3) is 1.00. The molecule has 1 nitrogen and oxygen atoms in total. The molecule has 0 saturated heterocycles. The average Bonchev–Trinajstić information content (AvgIpc) is 3.11. The van der Waals surface area contributed by atoms with E-state index in [0.717, 1.165) is 17.9 Å². The molecule has 2 aliphatic carbocycles. The van der Waals surface area contributed by atoms with Gasteiger partial charge in [-0.15, -0.1) is 0 Å². The third kappa shape index (κ3) is 3.98. The van der Waals surface area contributed by atoms with E-state index < -0.39 is 0 Å². The highest BCUT2D eigenvalue weighted by molar-refractivity contribution is 4.88. The monoisotopic (exact) mass is 237 g/mol. The Kier molecular flexibility index (Phi) is 4.52. The van der Waals surface area contributed by atoms with Gasteiger partial charge in [0.2, 0.25) is 0 Å². The maximum atomic E-state index is 3.77. The highest BCUT2D eigenvalue weighted by atomic mass is 15.0. The van der Waals surface area contributed by atoms with Crippen LogP contribution in [0.4, 0.5) is 0 Å². The predicted octanol–water partition coefficient (Wildman–Crippen LogP) is 4.37. The van der Waals surface area contributed by atoms with Crippen molar-refractivity contribution in [3.63, 3.8) is 0 Å². The molecule has 2 saturated carbocycles. The lowest BCUT2D eigenvalue weighted by Gasteiger charge is -2.38. The Labute approximate surface area is 108 Å². The Balaban J connectivity index is 1.84. The van der Waals surface area contributed by atoms with Crippen LogP contribution in [0, 0.1) is 17.3 Å². The SMILES string of the molecule is CC(C)C(C)(CNC1CC1)CC1CCCCC1. The number of hydrogen-bond acceptors (Lipinski definition) is 1. The first-order valence-electron chi connectivity index (χ1n) is 7.83. The smallest absolute Gasteiger partial charge is 0.00684 e. The van der Waals surface area contributed by atoms with Gasteiger partial charge in [0.1, 0.15) is 0 Å². The highest BCUT2D eigenvalue weighted by Crippen LogP contribution is 2.39. The normalized spacial score (nSPS) is 26.1. The number of hydrogen-bond donors (Lipinski definition) is 1. The van der Waals surface area contributed by atoms with Crippen LogP contribution in [-0.2, 0) is 0 Å². The Morgan fingerprint density at radius 3 is 2.24 bits per heavy atom. The molecule has 2 aliphatic rings. The van der Waals surface area contributed by atoms with Crippen LogP contribution < -0.4 is 5.32 Å². The topological polar surface area (TPSA) is 12.0 Å². The largest absolute Gasteiger partial charge is 0.313 e. The molecule has 17 heavy (non-hydrogen) atoms. The summed E-state index contributed by atoms with van der Waals surface area (Å²) in [7, 11) is 0. The Hall–Kier alpha value is -0.0400. The van der Waals surface area contributed by atoms with Crippen LogP contribution >= 0.6 is 0 Å². The number of rotatable bonds is 6. The molecule has 1 unspecified atom stereocenters. The second-order valence-electron chi connectivity index (χ2n) is 7.17. The molecule has 0 aromatic heterocycles. The zero-order valence-corrected chi connectivity index (χ0v) is 12.1. The summed E-state index contributed by atoms with van der Waals surface area (Å²) in [6.45, 7) is 8.59. The van der Waals surface area contributed by atoms with Crippen LogP contribution in [0.3, 0.4) is 0 Å². The van der Waals surface area contributed by atoms with Crippen molar-refractivity contribution in [3.05, 3.63) is 0 Å². The lowest BCUT2D eigenvalue weighted by atomic mass is 9.69. The maximum Gasteiger partial charge on any atom is 0.00684 e. The minimum atomic E-state index is 0.518. The molecule has 0 aliphatic heterocycles. The van der Waals surface area contributed by atoms with E-state index in [1.165, 1.54) is 57.9 Å². The molecule has 2 fully saturated rings. The second-order valence-corrected chi connectivity index (χ2v) is 7.17. The fourth-order valence-electron chi connectivity index (χ4n) is 3.23. The quantitative estimate of drug-likeness (QED) is 0.723. The minimum Gasteiger partial charge on any atom is -0.313 e. The molecule has 0 bridgehead atoms. The Morgan fingerprint density at radius 1 is 1.06 bits per heavy atom. The van der Waals surface area contributed by atoms with Gasteiger partial charge in [-0.3, -0.25) is 0 Å². The first-order valence-corrected chi connectivity index (χ1v) is 7.83. The van der Waals surface area contributed by atoms with Gasteiger partial charge >= 0.3 is 0 Å². The van der Waals surface area contributed by atoms with E-state index in [1.54, 1.807) is 0 Å². The fourth-order valence-corrected chi connectivity index (χ4v) is 3.23. The molecular weight excluding hydrogens is 206 g/mol. The van der Waals surface area contributed by atoms with Crippen molar-refractivity contribution in [2.24, 2.45) is 17.3 Å². The van der Waals surface area contributed by atoms with Crippen LogP contribution in [-0.4, -0.2) is 12.6 Å². The molecule has 1 atom stereocenters. The molecule has 0 radical (unpaired) electrons. The van der Waals surface area contributed by atoms with Gasteiger partial charge in [-0.2, -0.15) is 0 Å². The van der Waals surface area contributed by atoms with Gasteiger partial charge in [-0.05, 0) is 36.5 Å². The zero-order valence-electron chi connectivity index (χ0n) is 12.1. The van der Waals surface area contributed by atoms with Crippen molar-refractivity contribution in [1.29, 1.82) is 0 Å². The Bertz CT molecular complexity index is 226. The van der Waals surface area contributed by atoms with Crippen LogP contribution in [0.1, 0.15) is 72.1 Å². The summed E-state index contributed by atoms with van der Waals surface area (Å²) in [5.41, 5.74) is 0.518. The summed E-state index contributed by atoms with van der Waals surface area (Å²) in [5.74, 6) is 1.81. The molecule has 0 spiro atoms. The van der Waals surface area contributed by atoms with Crippen molar-refractivity contribution in [1.82, 2.24) is 5.32 Å². The van der Waals surface area contributed by atoms with E-state index in [9.17, 15) is 0 Å². The summed E-state index contributed by atoms with van der Waals surface area (Å²) in [6, 6.07) is 0.861. The summed E-state index contributed by atoms with van der Waals surface area (Å²) >= 11 is 0. The molecule has 2 rings (SSSR count).